The fraction of sp³-hybridized carbons (Fsp3) is 0.143. The van der Waals surface area contributed by atoms with E-state index in [1.165, 1.54) is 0 Å². The van der Waals surface area contributed by atoms with Crippen LogP contribution >= 0.6 is 0 Å². The number of aliphatic carboxylic acids is 1. The first-order valence-corrected chi connectivity index (χ1v) is 8.43. The molecule has 1 unspecified atom stereocenters. The van der Waals surface area contributed by atoms with Crippen molar-refractivity contribution in [2.45, 2.75) is 18.6 Å². The van der Waals surface area contributed by atoms with Crippen LogP contribution in [0.15, 0.2) is 85.1 Å². The van der Waals surface area contributed by atoms with Gasteiger partial charge in [-0.05, 0) is 23.3 Å². The Labute approximate surface area is 152 Å². The molecule has 0 aliphatic rings. The molecular formula is C21H21N3O2. The Bertz CT molecular complexity index is 782. The molecule has 1 heterocycles. The van der Waals surface area contributed by atoms with Gasteiger partial charge in [0.2, 0.25) is 0 Å². The third-order valence-corrected chi connectivity index (χ3v) is 4.12. The predicted octanol–water partition coefficient (Wildman–Crippen LogP) is 3.31. The van der Waals surface area contributed by atoms with E-state index >= 15 is 0 Å². The van der Waals surface area contributed by atoms with Crippen LogP contribution in [0.1, 0.15) is 11.1 Å². The minimum Gasteiger partial charge on any atom is -0.478 e. The molecule has 5 heteroatoms. The fourth-order valence-corrected chi connectivity index (χ4v) is 2.76. The highest BCUT2D eigenvalue weighted by atomic mass is 16.4. The zero-order valence-corrected chi connectivity index (χ0v) is 14.3. The van der Waals surface area contributed by atoms with E-state index in [1.807, 2.05) is 66.7 Å². The maximum absolute atomic E-state index is 12.3. The second-order valence-electron chi connectivity index (χ2n) is 6.05. The maximum atomic E-state index is 12.3. The van der Waals surface area contributed by atoms with E-state index in [0.29, 0.717) is 12.4 Å². The number of hydrogen-bond acceptors (Lipinski definition) is 4. The first-order valence-electron chi connectivity index (χ1n) is 8.43. The Morgan fingerprint density at radius 1 is 0.885 bits per heavy atom. The Hall–Kier alpha value is -3.18. The molecule has 132 valence electrons. The summed E-state index contributed by atoms with van der Waals surface area (Å²) in [6.07, 6.45) is 1.90. The lowest BCUT2D eigenvalue weighted by atomic mass is 9.98. The molecule has 0 amide bonds. The van der Waals surface area contributed by atoms with Gasteiger partial charge in [-0.25, -0.2) is 9.78 Å². The number of carboxylic acids is 1. The summed E-state index contributed by atoms with van der Waals surface area (Å²) in [4.78, 5) is 16.5. The van der Waals surface area contributed by atoms with Crippen molar-refractivity contribution < 1.29 is 9.90 Å². The third-order valence-electron chi connectivity index (χ3n) is 4.12. The van der Waals surface area contributed by atoms with E-state index in [9.17, 15) is 9.90 Å². The Morgan fingerprint density at radius 2 is 1.50 bits per heavy atom. The molecule has 3 aromatic rings. The molecule has 5 nitrogen and oxygen atoms in total. The van der Waals surface area contributed by atoms with Crippen molar-refractivity contribution in [3.8, 4) is 0 Å². The highest BCUT2D eigenvalue weighted by Crippen LogP contribution is 2.18. The largest absolute Gasteiger partial charge is 0.478 e. The summed E-state index contributed by atoms with van der Waals surface area (Å²) >= 11 is 0. The number of carbonyl (C=O) groups is 1. The molecule has 1 atom stereocenters. The van der Waals surface area contributed by atoms with Crippen LogP contribution < -0.4 is 10.6 Å². The van der Waals surface area contributed by atoms with E-state index in [1.54, 1.807) is 18.3 Å². The van der Waals surface area contributed by atoms with Gasteiger partial charge in [-0.1, -0.05) is 66.7 Å². The molecule has 0 aliphatic heterocycles. The number of carboxylic acid groups (broad SMARTS) is 1. The summed E-state index contributed by atoms with van der Waals surface area (Å²) in [5.74, 6) is -0.477. The number of hydrogen-bond donors (Lipinski definition) is 3. The Morgan fingerprint density at radius 3 is 2.08 bits per heavy atom. The van der Waals surface area contributed by atoms with Crippen LogP contribution in [0.25, 0.3) is 0 Å². The summed E-state index contributed by atoms with van der Waals surface area (Å²) in [5, 5.41) is 16.4. The number of aromatic nitrogens is 1. The van der Waals surface area contributed by atoms with Gasteiger partial charge in [-0.3, -0.25) is 5.32 Å². The zero-order valence-electron chi connectivity index (χ0n) is 14.3. The second kappa shape index (κ2) is 8.27. The summed E-state index contributed by atoms with van der Waals surface area (Å²) in [6, 6.07) is 24.7. The lowest BCUT2D eigenvalue weighted by molar-refractivity contribution is -0.143. The SMILES string of the molecule is O=C(O)C(Cc1ccccc1)(NCc1ccccc1)Nc1ccccn1. The van der Waals surface area contributed by atoms with Crippen molar-refractivity contribution in [3.05, 3.63) is 96.2 Å². The third kappa shape index (κ3) is 4.46. The topological polar surface area (TPSA) is 74.2 Å². The average molecular weight is 347 g/mol. The zero-order chi connectivity index (χ0) is 18.2. The minimum absolute atomic E-state index is 0.270. The van der Waals surface area contributed by atoms with Crippen LogP contribution in [0.5, 0.6) is 0 Å². The quantitative estimate of drug-likeness (QED) is 0.545. The lowest BCUT2D eigenvalue weighted by Crippen LogP contribution is -2.59. The molecule has 2 aromatic carbocycles. The first-order chi connectivity index (χ1) is 12.7. The average Bonchev–Trinajstić information content (AvgIpc) is 2.68. The molecule has 0 saturated carbocycles. The molecule has 3 rings (SSSR count). The molecule has 0 fully saturated rings. The second-order valence-corrected chi connectivity index (χ2v) is 6.05. The highest BCUT2D eigenvalue weighted by Gasteiger charge is 2.38. The first kappa shape index (κ1) is 17.6. The number of pyridine rings is 1. The number of anilines is 1. The van der Waals surface area contributed by atoms with Crippen LogP contribution in [-0.2, 0) is 17.8 Å². The van der Waals surface area contributed by atoms with Gasteiger partial charge in [0.25, 0.3) is 0 Å². The molecule has 3 N–H and O–H groups in total. The normalized spacial score (nSPS) is 12.9. The van der Waals surface area contributed by atoms with Gasteiger partial charge in [0, 0.05) is 19.2 Å². The van der Waals surface area contributed by atoms with Gasteiger partial charge in [-0.2, -0.15) is 0 Å². The van der Waals surface area contributed by atoms with Crippen molar-refractivity contribution in [1.29, 1.82) is 0 Å². The van der Waals surface area contributed by atoms with Crippen LogP contribution in [0.4, 0.5) is 5.82 Å². The standard InChI is InChI=1S/C21H21N3O2/c25-20(26)21(15-17-9-3-1-4-10-17,24-19-13-7-8-14-22-19)23-16-18-11-5-2-6-12-18/h1-14,23H,15-16H2,(H,22,24)(H,25,26). The van der Waals surface area contributed by atoms with Gasteiger partial charge < -0.3 is 10.4 Å². The summed E-state index contributed by atoms with van der Waals surface area (Å²) in [6.45, 7) is 0.416. The fourth-order valence-electron chi connectivity index (χ4n) is 2.76. The van der Waals surface area contributed by atoms with Gasteiger partial charge in [-0.15, -0.1) is 0 Å². The lowest BCUT2D eigenvalue weighted by Gasteiger charge is -2.32. The minimum atomic E-state index is -1.38. The van der Waals surface area contributed by atoms with Gasteiger partial charge >= 0.3 is 5.97 Å². The molecule has 1 aromatic heterocycles. The molecule has 0 radical (unpaired) electrons. The Kier molecular flexibility index (Phi) is 5.61. The van der Waals surface area contributed by atoms with Crippen LogP contribution in [-0.4, -0.2) is 21.7 Å². The predicted molar refractivity (Wildman–Crippen MR) is 102 cm³/mol. The van der Waals surface area contributed by atoms with Crippen LogP contribution in [0.2, 0.25) is 0 Å². The molecule has 0 saturated heterocycles. The summed E-state index contributed by atoms with van der Waals surface area (Å²) in [7, 11) is 0. The smallest absolute Gasteiger partial charge is 0.345 e. The van der Waals surface area contributed by atoms with Crippen molar-refractivity contribution in [3.63, 3.8) is 0 Å². The monoisotopic (exact) mass is 347 g/mol. The van der Waals surface area contributed by atoms with E-state index in [4.69, 9.17) is 0 Å². The number of nitrogens with zero attached hydrogens (tertiary/aromatic N) is 1. The summed E-state index contributed by atoms with van der Waals surface area (Å²) in [5.41, 5.74) is 0.541. The van der Waals surface area contributed by atoms with Crippen molar-refractivity contribution in [2.24, 2.45) is 0 Å². The van der Waals surface area contributed by atoms with Crippen molar-refractivity contribution in [2.75, 3.05) is 5.32 Å². The maximum Gasteiger partial charge on any atom is 0.345 e. The van der Waals surface area contributed by atoms with E-state index in [0.717, 1.165) is 11.1 Å². The van der Waals surface area contributed by atoms with Gasteiger partial charge in [0.1, 0.15) is 5.82 Å². The molecule has 0 spiro atoms. The number of rotatable bonds is 8. The van der Waals surface area contributed by atoms with E-state index in [2.05, 4.69) is 15.6 Å². The number of benzene rings is 2. The van der Waals surface area contributed by atoms with Crippen LogP contribution in [0.3, 0.4) is 0 Å². The Balaban J connectivity index is 1.90. The summed E-state index contributed by atoms with van der Waals surface area (Å²) < 4.78 is 0. The van der Waals surface area contributed by atoms with Gasteiger partial charge in [0.05, 0.1) is 0 Å². The molecule has 26 heavy (non-hydrogen) atoms. The van der Waals surface area contributed by atoms with Crippen molar-refractivity contribution >= 4 is 11.8 Å². The van der Waals surface area contributed by atoms with Crippen molar-refractivity contribution in [1.82, 2.24) is 10.3 Å². The van der Waals surface area contributed by atoms with E-state index < -0.39 is 11.6 Å². The number of nitrogens with one attached hydrogen (secondary N) is 2. The van der Waals surface area contributed by atoms with Gasteiger partial charge in [0.15, 0.2) is 5.66 Å². The van der Waals surface area contributed by atoms with E-state index in [-0.39, 0.29) is 6.42 Å². The van der Waals surface area contributed by atoms with Crippen LogP contribution in [0, 0.1) is 0 Å². The molecular weight excluding hydrogens is 326 g/mol. The molecule has 0 bridgehead atoms. The molecule has 0 aliphatic carbocycles. The highest BCUT2D eigenvalue weighted by molar-refractivity contribution is 5.82.